The number of fused-ring (bicyclic) bond motifs is 1. The number of furan rings is 2. The van der Waals surface area contributed by atoms with Gasteiger partial charge >= 0.3 is 0 Å². The van der Waals surface area contributed by atoms with Crippen LogP contribution in [0, 0.1) is 6.92 Å². The molecule has 0 aliphatic rings. The fourth-order valence-electron chi connectivity index (χ4n) is 3.15. The molecule has 26 heavy (non-hydrogen) atoms. The van der Waals surface area contributed by atoms with E-state index < -0.39 is 0 Å². The Kier molecular flexibility index (Phi) is 4.78. The second-order valence-electron chi connectivity index (χ2n) is 6.32. The summed E-state index contributed by atoms with van der Waals surface area (Å²) in [5.74, 6) is 1.79. The van der Waals surface area contributed by atoms with E-state index in [1.54, 1.807) is 12.5 Å². The fourth-order valence-corrected chi connectivity index (χ4v) is 3.35. The van der Waals surface area contributed by atoms with Gasteiger partial charge in [-0.25, -0.2) is 4.98 Å². The van der Waals surface area contributed by atoms with Crippen molar-refractivity contribution < 1.29 is 8.83 Å². The number of pyridine rings is 1. The average molecular weight is 367 g/mol. The second kappa shape index (κ2) is 7.36. The van der Waals surface area contributed by atoms with Crippen LogP contribution in [-0.4, -0.2) is 9.88 Å². The van der Waals surface area contributed by atoms with Gasteiger partial charge in [-0.15, -0.1) is 0 Å². The summed E-state index contributed by atoms with van der Waals surface area (Å²) >= 11 is 6.64. The summed E-state index contributed by atoms with van der Waals surface area (Å²) in [6, 6.07) is 15.8. The zero-order valence-electron chi connectivity index (χ0n) is 14.5. The van der Waals surface area contributed by atoms with Crippen LogP contribution in [0.4, 0.5) is 0 Å². The number of hydrogen-bond donors (Lipinski definition) is 0. The molecule has 0 bridgehead atoms. The van der Waals surface area contributed by atoms with Crippen LogP contribution in [0.25, 0.3) is 10.9 Å². The van der Waals surface area contributed by atoms with Crippen molar-refractivity contribution in [2.75, 3.05) is 0 Å². The van der Waals surface area contributed by atoms with Crippen LogP contribution in [0.1, 0.15) is 22.8 Å². The van der Waals surface area contributed by atoms with Gasteiger partial charge in [0.1, 0.15) is 11.5 Å². The highest BCUT2D eigenvalue weighted by molar-refractivity contribution is 6.32. The number of aromatic nitrogens is 1. The summed E-state index contributed by atoms with van der Waals surface area (Å²) in [5.41, 5.74) is 2.88. The molecule has 4 aromatic rings. The SMILES string of the molecule is Cc1c(Cl)c(CN(Cc2ccco2)Cc2ccco2)nc2ccccc12. The van der Waals surface area contributed by atoms with Gasteiger partial charge in [0.25, 0.3) is 0 Å². The van der Waals surface area contributed by atoms with E-state index in [4.69, 9.17) is 25.4 Å². The highest BCUT2D eigenvalue weighted by atomic mass is 35.5. The van der Waals surface area contributed by atoms with Crippen molar-refractivity contribution >= 4 is 22.5 Å². The smallest absolute Gasteiger partial charge is 0.117 e. The maximum atomic E-state index is 6.64. The summed E-state index contributed by atoms with van der Waals surface area (Å²) < 4.78 is 11.0. The number of halogens is 1. The highest BCUT2D eigenvalue weighted by Gasteiger charge is 2.16. The minimum Gasteiger partial charge on any atom is -0.468 e. The van der Waals surface area contributed by atoms with Gasteiger partial charge in [-0.2, -0.15) is 0 Å². The molecular weight excluding hydrogens is 348 g/mol. The number of benzene rings is 1. The Morgan fingerprint density at radius 2 is 1.54 bits per heavy atom. The lowest BCUT2D eigenvalue weighted by Gasteiger charge is -2.21. The van der Waals surface area contributed by atoms with E-state index in [1.165, 1.54) is 0 Å². The number of nitrogens with zero attached hydrogens (tertiary/aromatic N) is 2. The lowest BCUT2D eigenvalue weighted by Crippen LogP contribution is -2.23. The number of aryl methyl sites for hydroxylation is 1. The molecule has 0 aliphatic heterocycles. The summed E-state index contributed by atoms with van der Waals surface area (Å²) in [6.07, 6.45) is 3.37. The van der Waals surface area contributed by atoms with Crippen LogP contribution >= 0.6 is 11.6 Å². The Labute approximate surface area is 157 Å². The Balaban J connectivity index is 1.66. The van der Waals surface area contributed by atoms with Crippen molar-refractivity contribution in [2.45, 2.75) is 26.6 Å². The molecule has 0 amide bonds. The molecule has 0 saturated carbocycles. The van der Waals surface area contributed by atoms with E-state index in [1.807, 2.05) is 49.4 Å². The van der Waals surface area contributed by atoms with Crippen molar-refractivity contribution in [3.8, 4) is 0 Å². The Morgan fingerprint density at radius 1 is 0.885 bits per heavy atom. The van der Waals surface area contributed by atoms with Crippen molar-refractivity contribution in [2.24, 2.45) is 0 Å². The van der Waals surface area contributed by atoms with Crippen molar-refractivity contribution in [1.82, 2.24) is 9.88 Å². The lowest BCUT2D eigenvalue weighted by molar-refractivity contribution is 0.207. The molecule has 132 valence electrons. The van der Waals surface area contributed by atoms with Gasteiger partial charge < -0.3 is 8.83 Å². The first-order chi connectivity index (χ1) is 12.7. The Bertz CT molecular complexity index is 958. The maximum Gasteiger partial charge on any atom is 0.117 e. The normalized spacial score (nSPS) is 11.5. The van der Waals surface area contributed by atoms with Gasteiger partial charge in [0.2, 0.25) is 0 Å². The van der Waals surface area contributed by atoms with Crippen LogP contribution in [0.3, 0.4) is 0 Å². The van der Waals surface area contributed by atoms with Crippen LogP contribution < -0.4 is 0 Å². The third-order valence-corrected chi connectivity index (χ3v) is 4.94. The van der Waals surface area contributed by atoms with Gasteiger partial charge in [-0.1, -0.05) is 29.8 Å². The van der Waals surface area contributed by atoms with E-state index >= 15 is 0 Å². The van der Waals surface area contributed by atoms with E-state index in [0.29, 0.717) is 24.7 Å². The predicted molar refractivity (Wildman–Crippen MR) is 102 cm³/mol. The summed E-state index contributed by atoms with van der Waals surface area (Å²) in [4.78, 5) is 7.01. The zero-order chi connectivity index (χ0) is 17.9. The molecule has 0 atom stereocenters. The summed E-state index contributed by atoms with van der Waals surface area (Å²) in [5, 5.41) is 1.80. The summed E-state index contributed by atoms with van der Waals surface area (Å²) in [7, 11) is 0. The van der Waals surface area contributed by atoms with Crippen LogP contribution in [-0.2, 0) is 19.6 Å². The third-order valence-electron chi connectivity index (χ3n) is 4.44. The maximum absolute atomic E-state index is 6.64. The minimum atomic E-state index is 0.603. The van der Waals surface area contributed by atoms with Gasteiger partial charge in [0.15, 0.2) is 0 Å². The molecule has 5 heteroatoms. The molecule has 0 saturated heterocycles. The number of rotatable bonds is 6. The molecule has 4 nitrogen and oxygen atoms in total. The Morgan fingerprint density at radius 3 is 2.15 bits per heavy atom. The standard InChI is InChI=1S/C21H19ClN2O2/c1-15-18-8-2-3-9-19(18)23-20(21(15)22)14-24(12-16-6-4-10-25-16)13-17-7-5-11-26-17/h2-11H,12-14H2,1H3. The zero-order valence-corrected chi connectivity index (χ0v) is 15.2. The fraction of sp³-hybridized carbons (Fsp3) is 0.190. The first-order valence-corrected chi connectivity index (χ1v) is 8.89. The van der Waals surface area contributed by atoms with E-state index in [9.17, 15) is 0 Å². The molecule has 1 aromatic carbocycles. The molecule has 0 unspecified atom stereocenters. The van der Waals surface area contributed by atoms with Crippen LogP contribution in [0.15, 0.2) is 69.9 Å². The van der Waals surface area contributed by atoms with Gasteiger partial charge in [-0.3, -0.25) is 4.90 Å². The van der Waals surface area contributed by atoms with E-state index in [0.717, 1.165) is 33.7 Å². The molecule has 0 fully saturated rings. The van der Waals surface area contributed by atoms with Gasteiger partial charge in [0.05, 0.1) is 41.8 Å². The monoisotopic (exact) mass is 366 g/mol. The van der Waals surface area contributed by atoms with Crippen molar-refractivity contribution in [1.29, 1.82) is 0 Å². The first kappa shape index (κ1) is 16.9. The molecule has 0 aliphatic carbocycles. The highest BCUT2D eigenvalue weighted by Crippen LogP contribution is 2.28. The third kappa shape index (κ3) is 3.52. The molecule has 3 heterocycles. The van der Waals surface area contributed by atoms with Gasteiger partial charge in [-0.05, 0) is 42.8 Å². The van der Waals surface area contributed by atoms with Crippen molar-refractivity contribution in [3.05, 3.63) is 88.9 Å². The van der Waals surface area contributed by atoms with Crippen LogP contribution in [0.5, 0.6) is 0 Å². The second-order valence-corrected chi connectivity index (χ2v) is 6.70. The van der Waals surface area contributed by atoms with E-state index in [-0.39, 0.29) is 0 Å². The summed E-state index contributed by atoms with van der Waals surface area (Å²) in [6.45, 7) is 3.94. The lowest BCUT2D eigenvalue weighted by atomic mass is 10.1. The van der Waals surface area contributed by atoms with Gasteiger partial charge in [0, 0.05) is 11.9 Å². The molecule has 0 radical (unpaired) electrons. The average Bonchev–Trinajstić information content (AvgIpc) is 3.33. The molecule has 0 N–H and O–H groups in total. The predicted octanol–water partition coefficient (Wildman–Crippen LogP) is 5.59. The van der Waals surface area contributed by atoms with Crippen molar-refractivity contribution in [3.63, 3.8) is 0 Å². The molecule has 0 spiro atoms. The largest absolute Gasteiger partial charge is 0.468 e. The number of para-hydroxylation sites is 1. The quantitative estimate of drug-likeness (QED) is 0.446. The molecule has 3 aromatic heterocycles. The first-order valence-electron chi connectivity index (χ1n) is 8.51. The number of hydrogen-bond acceptors (Lipinski definition) is 4. The van der Waals surface area contributed by atoms with Crippen LogP contribution in [0.2, 0.25) is 5.02 Å². The molecule has 4 rings (SSSR count). The Hall–Kier alpha value is -2.56. The minimum absolute atomic E-state index is 0.603. The topological polar surface area (TPSA) is 42.4 Å². The molecular formula is C21H19ClN2O2. The van der Waals surface area contributed by atoms with E-state index in [2.05, 4.69) is 11.0 Å².